The van der Waals surface area contributed by atoms with Gasteiger partial charge < -0.3 is 9.05 Å². The minimum Gasteiger partial charge on any atom is -0.404 e. The first-order valence-electron chi connectivity index (χ1n) is 9.02. The van der Waals surface area contributed by atoms with Crippen LogP contribution < -0.4 is 9.05 Å². The second-order valence-corrected chi connectivity index (χ2v) is 9.88. The van der Waals surface area contributed by atoms with Crippen molar-refractivity contribution in [2.75, 3.05) is 0 Å². The molecule has 2 rings (SSSR count). The Morgan fingerprint density at radius 2 is 1.31 bits per heavy atom. The van der Waals surface area contributed by atoms with E-state index in [4.69, 9.17) is 20.3 Å². The van der Waals surface area contributed by atoms with Crippen LogP contribution in [0.15, 0.2) is 42.5 Å². The minimum absolute atomic E-state index is 0.211. The molecule has 1 atom stereocenters. The van der Waals surface area contributed by atoms with Crippen molar-refractivity contribution in [3.8, 4) is 11.5 Å². The Bertz CT molecular complexity index is 800. The average molecular weight is 395 g/mol. The first-order chi connectivity index (χ1) is 12.1. The van der Waals surface area contributed by atoms with Crippen LogP contribution in [0.5, 0.6) is 11.5 Å². The quantitative estimate of drug-likeness (QED) is 0.448. The lowest BCUT2D eigenvalue weighted by Crippen LogP contribution is -2.02. The molecular weight excluding hydrogens is 367 g/mol. The lowest BCUT2D eigenvalue weighted by atomic mass is 9.95. The van der Waals surface area contributed by atoms with Crippen molar-refractivity contribution in [2.45, 2.75) is 59.3 Å². The predicted octanol–water partition coefficient (Wildman–Crippen LogP) is 7.86. The molecule has 142 valence electrons. The van der Waals surface area contributed by atoms with Crippen molar-refractivity contribution >= 4 is 18.2 Å². The number of para-hydroxylation sites is 1. The molecule has 0 fully saturated rings. The van der Waals surface area contributed by atoms with Gasteiger partial charge in [0.15, 0.2) is 0 Å². The third-order valence-corrected chi connectivity index (χ3v) is 5.52. The summed E-state index contributed by atoms with van der Waals surface area (Å²) in [7, 11) is 0. The van der Waals surface area contributed by atoms with E-state index in [1.54, 1.807) is 6.07 Å². The Hall–Kier alpha value is -1.44. The van der Waals surface area contributed by atoms with Gasteiger partial charge >= 0.3 is 6.95 Å². The standard InChI is InChI=1S/C21H28ClO3P/c1-14(2)17-11-12-21(19(13-17)16(5)6)25-26(22,23)24-20-10-8-7-9-18(20)15(3)4/h7-16H,1-6H3. The van der Waals surface area contributed by atoms with Crippen molar-refractivity contribution in [3.63, 3.8) is 0 Å². The third-order valence-electron chi connectivity index (χ3n) is 4.28. The Kier molecular flexibility index (Phi) is 6.82. The zero-order chi connectivity index (χ0) is 19.5. The van der Waals surface area contributed by atoms with Gasteiger partial charge in [0.25, 0.3) is 0 Å². The zero-order valence-corrected chi connectivity index (χ0v) is 18.0. The van der Waals surface area contributed by atoms with E-state index in [9.17, 15) is 4.57 Å². The molecule has 1 unspecified atom stereocenters. The molecule has 5 heteroatoms. The van der Waals surface area contributed by atoms with E-state index in [1.165, 1.54) is 5.56 Å². The van der Waals surface area contributed by atoms with E-state index in [0.717, 1.165) is 11.1 Å². The van der Waals surface area contributed by atoms with Crippen LogP contribution in [0.2, 0.25) is 0 Å². The van der Waals surface area contributed by atoms with Crippen LogP contribution in [-0.2, 0) is 4.57 Å². The lowest BCUT2D eigenvalue weighted by molar-refractivity contribution is 0.401. The number of rotatable bonds is 7. The fourth-order valence-electron chi connectivity index (χ4n) is 2.75. The van der Waals surface area contributed by atoms with Gasteiger partial charge in [-0.1, -0.05) is 71.9 Å². The maximum Gasteiger partial charge on any atom is 0.530 e. The predicted molar refractivity (Wildman–Crippen MR) is 110 cm³/mol. The summed E-state index contributed by atoms with van der Waals surface area (Å²) in [6, 6.07) is 13.3. The molecule has 0 amide bonds. The molecule has 0 aliphatic rings. The van der Waals surface area contributed by atoms with Crippen molar-refractivity contribution in [3.05, 3.63) is 59.2 Å². The second-order valence-electron chi connectivity index (χ2n) is 7.41. The highest BCUT2D eigenvalue weighted by Gasteiger charge is 2.28. The first-order valence-corrected chi connectivity index (χ1v) is 11.5. The molecular formula is C21H28ClO3P. The summed E-state index contributed by atoms with van der Waals surface area (Å²) in [5.41, 5.74) is 3.12. The van der Waals surface area contributed by atoms with E-state index in [1.807, 2.05) is 44.2 Å². The molecule has 0 saturated carbocycles. The van der Waals surface area contributed by atoms with Gasteiger partial charge in [-0.25, -0.2) is 4.57 Å². The van der Waals surface area contributed by atoms with Crippen LogP contribution in [-0.4, -0.2) is 0 Å². The highest BCUT2D eigenvalue weighted by atomic mass is 35.7. The van der Waals surface area contributed by atoms with Crippen molar-refractivity contribution in [1.29, 1.82) is 0 Å². The van der Waals surface area contributed by atoms with E-state index in [2.05, 4.69) is 33.8 Å². The molecule has 26 heavy (non-hydrogen) atoms. The largest absolute Gasteiger partial charge is 0.530 e. The first kappa shape index (κ1) is 20.9. The van der Waals surface area contributed by atoms with E-state index in [-0.39, 0.29) is 11.8 Å². The van der Waals surface area contributed by atoms with E-state index < -0.39 is 6.95 Å². The number of halogens is 1. The summed E-state index contributed by atoms with van der Waals surface area (Å²) in [4.78, 5) is 0. The summed E-state index contributed by atoms with van der Waals surface area (Å²) in [5.74, 6) is 1.83. The van der Waals surface area contributed by atoms with Gasteiger partial charge in [-0.3, -0.25) is 0 Å². The highest BCUT2D eigenvalue weighted by Crippen LogP contribution is 2.55. The lowest BCUT2D eigenvalue weighted by Gasteiger charge is -2.21. The smallest absolute Gasteiger partial charge is 0.404 e. The van der Waals surface area contributed by atoms with Crippen LogP contribution in [0.3, 0.4) is 0 Å². The molecule has 0 heterocycles. The number of hydrogen-bond acceptors (Lipinski definition) is 3. The molecule has 0 bridgehead atoms. The topological polar surface area (TPSA) is 35.5 Å². The Balaban J connectivity index is 2.31. The Morgan fingerprint density at radius 3 is 1.85 bits per heavy atom. The molecule has 0 aliphatic heterocycles. The van der Waals surface area contributed by atoms with Gasteiger partial charge in [-0.15, -0.1) is 0 Å². The van der Waals surface area contributed by atoms with Crippen molar-refractivity contribution < 1.29 is 13.6 Å². The van der Waals surface area contributed by atoms with Gasteiger partial charge in [0.1, 0.15) is 11.5 Å². The maximum atomic E-state index is 12.8. The summed E-state index contributed by atoms with van der Waals surface area (Å²) in [5, 5.41) is 0. The normalized spacial score (nSPS) is 13.9. The van der Waals surface area contributed by atoms with Crippen LogP contribution in [0.25, 0.3) is 0 Å². The number of benzene rings is 2. The molecule has 0 saturated heterocycles. The SMILES string of the molecule is CC(C)c1ccc(OP(=O)(Cl)Oc2ccccc2C(C)C)c(C(C)C)c1. The van der Waals surface area contributed by atoms with Gasteiger partial charge in [0, 0.05) is 11.2 Å². The van der Waals surface area contributed by atoms with Gasteiger partial charge in [-0.05, 0) is 46.6 Å². The van der Waals surface area contributed by atoms with Gasteiger partial charge in [0.05, 0.1) is 0 Å². The molecule has 2 aromatic carbocycles. The Labute approximate surface area is 162 Å². The summed E-state index contributed by atoms with van der Waals surface area (Å²) >= 11 is 6.17. The van der Waals surface area contributed by atoms with Gasteiger partial charge in [0.2, 0.25) is 0 Å². The summed E-state index contributed by atoms with van der Waals surface area (Å²) in [6.45, 7) is 8.67. The monoisotopic (exact) mass is 394 g/mol. The third kappa shape index (κ3) is 5.28. The Morgan fingerprint density at radius 1 is 0.769 bits per heavy atom. The summed E-state index contributed by atoms with van der Waals surface area (Å²) < 4.78 is 24.1. The van der Waals surface area contributed by atoms with Crippen molar-refractivity contribution in [1.82, 2.24) is 0 Å². The molecule has 2 aromatic rings. The van der Waals surface area contributed by atoms with E-state index >= 15 is 0 Å². The average Bonchev–Trinajstić information content (AvgIpc) is 2.54. The molecule has 0 spiro atoms. The van der Waals surface area contributed by atoms with Crippen LogP contribution in [0, 0.1) is 0 Å². The fraction of sp³-hybridized carbons (Fsp3) is 0.429. The van der Waals surface area contributed by atoms with E-state index in [0.29, 0.717) is 17.4 Å². The summed E-state index contributed by atoms with van der Waals surface area (Å²) in [6.07, 6.45) is 0. The fourth-order valence-corrected chi connectivity index (χ4v) is 4.04. The minimum atomic E-state index is -3.84. The van der Waals surface area contributed by atoms with Gasteiger partial charge in [-0.2, -0.15) is 0 Å². The second kappa shape index (κ2) is 8.50. The molecule has 0 N–H and O–H groups in total. The maximum absolute atomic E-state index is 12.8. The zero-order valence-electron chi connectivity index (χ0n) is 16.3. The highest BCUT2D eigenvalue weighted by molar-refractivity contribution is 7.82. The van der Waals surface area contributed by atoms with Crippen molar-refractivity contribution in [2.24, 2.45) is 0 Å². The molecule has 0 aromatic heterocycles. The van der Waals surface area contributed by atoms with Crippen LogP contribution in [0.4, 0.5) is 0 Å². The number of hydrogen-bond donors (Lipinski definition) is 0. The van der Waals surface area contributed by atoms with Crippen LogP contribution >= 0.6 is 18.2 Å². The molecule has 3 nitrogen and oxygen atoms in total. The molecule has 0 radical (unpaired) electrons. The molecule has 0 aliphatic carbocycles. The van der Waals surface area contributed by atoms with Crippen LogP contribution in [0.1, 0.15) is 76.0 Å².